The lowest BCUT2D eigenvalue weighted by molar-refractivity contribution is -0.193. The second-order valence-corrected chi connectivity index (χ2v) is 3.74. The number of carbonyl (C=O) groups is 3. The normalized spacial score (nSPS) is 15.4. The zero-order valence-electron chi connectivity index (χ0n) is 9.54. The molecule has 92 valence electrons. The van der Waals surface area contributed by atoms with Crippen LogP contribution < -0.4 is 0 Å². The number of imide groups is 1. The van der Waals surface area contributed by atoms with Crippen molar-refractivity contribution in [3.8, 4) is 0 Å². The predicted molar refractivity (Wildman–Crippen MR) is 62.7 cm³/mol. The van der Waals surface area contributed by atoms with Gasteiger partial charge in [0.25, 0.3) is 11.8 Å². The first-order valence-electron chi connectivity index (χ1n) is 5.47. The van der Waals surface area contributed by atoms with Crippen LogP contribution in [0.15, 0.2) is 36.4 Å². The zero-order chi connectivity index (χ0) is 13.0. The van der Waals surface area contributed by atoms with E-state index >= 15 is 0 Å². The quantitative estimate of drug-likeness (QED) is 0.595. The molecule has 0 aromatic heterocycles. The van der Waals surface area contributed by atoms with Gasteiger partial charge in [-0.3, -0.25) is 9.59 Å². The molecule has 0 atom stereocenters. The topological polar surface area (TPSA) is 63.7 Å². The van der Waals surface area contributed by atoms with Crippen molar-refractivity contribution in [2.45, 2.75) is 12.8 Å². The smallest absolute Gasteiger partial charge is 0.326 e. The van der Waals surface area contributed by atoms with E-state index in [1.807, 2.05) is 30.3 Å². The van der Waals surface area contributed by atoms with E-state index in [4.69, 9.17) is 0 Å². The Hall–Kier alpha value is -2.43. The summed E-state index contributed by atoms with van der Waals surface area (Å²) in [6, 6.07) is 9.15. The van der Waals surface area contributed by atoms with E-state index in [0.717, 1.165) is 5.56 Å². The highest BCUT2D eigenvalue weighted by atomic mass is 16.7. The first-order chi connectivity index (χ1) is 8.66. The molecule has 0 unspecified atom stereocenters. The van der Waals surface area contributed by atoms with Crippen LogP contribution in [-0.4, -0.2) is 22.8 Å². The van der Waals surface area contributed by atoms with Crippen LogP contribution in [-0.2, 0) is 19.2 Å². The van der Waals surface area contributed by atoms with E-state index in [1.165, 1.54) is 6.08 Å². The highest BCUT2D eigenvalue weighted by Gasteiger charge is 2.32. The van der Waals surface area contributed by atoms with Gasteiger partial charge in [0.05, 0.1) is 0 Å². The van der Waals surface area contributed by atoms with Crippen LogP contribution in [0.25, 0.3) is 6.08 Å². The average Bonchev–Trinajstić information content (AvgIpc) is 2.69. The SMILES string of the molecule is O=C(C=Cc1ccccc1)ON1C(=O)CCC1=O. The zero-order valence-corrected chi connectivity index (χ0v) is 9.54. The maximum absolute atomic E-state index is 11.4. The van der Waals surface area contributed by atoms with Gasteiger partial charge in [-0.2, -0.15) is 0 Å². The maximum Gasteiger partial charge on any atom is 0.356 e. The van der Waals surface area contributed by atoms with Crippen LogP contribution in [0.1, 0.15) is 18.4 Å². The van der Waals surface area contributed by atoms with Crippen molar-refractivity contribution >= 4 is 23.9 Å². The molecule has 0 saturated carbocycles. The molecule has 1 aliphatic rings. The number of hydrogen-bond acceptors (Lipinski definition) is 4. The summed E-state index contributed by atoms with van der Waals surface area (Å²) in [5.74, 6) is -1.72. The first kappa shape index (κ1) is 12.0. The molecule has 2 rings (SSSR count). The lowest BCUT2D eigenvalue weighted by atomic mass is 10.2. The Morgan fingerprint density at radius 2 is 1.72 bits per heavy atom. The molecule has 1 aromatic rings. The standard InChI is InChI=1S/C13H11NO4/c15-11-7-8-12(16)14(11)18-13(17)9-6-10-4-2-1-3-5-10/h1-6,9H,7-8H2. The van der Waals surface area contributed by atoms with Crippen LogP contribution in [0.3, 0.4) is 0 Å². The summed E-state index contributed by atoms with van der Waals surface area (Å²) in [5, 5.41) is 0.525. The lowest BCUT2D eigenvalue weighted by Crippen LogP contribution is -2.31. The fourth-order valence-corrected chi connectivity index (χ4v) is 1.51. The number of rotatable bonds is 3. The molecular weight excluding hydrogens is 234 g/mol. The summed E-state index contributed by atoms with van der Waals surface area (Å²) in [6.45, 7) is 0. The lowest BCUT2D eigenvalue weighted by Gasteiger charge is -2.10. The molecule has 1 saturated heterocycles. The van der Waals surface area contributed by atoms with Crippen molar-refractivity contribution in [1.82, 2.24) is 5.06 Å². The molecule has 1 heterocycles. The van der Waals surface area contributed by atoms with Crippen LogP contribution in [0, 0.1) is 0 Å². The van der Waals surface area contributed by atoms with Crippen molar-refractivity contribution in [2.75, 3.05) is 0 Å². The van der Waals surface area contributed by atoms with E-state index in [1.54, 1.807) is 6.08 Å². The Balaban J connectivity index is 1.95. The van der Waals surface area contributed by atoms with Crippen molar-refractivity contribution in [3.05, 3.63) is 42.0 Å². The highest BCUT2D eigenvalue weighted by Crippen LogP contribution is 2.12. The molecule has 5 heteroatoms. The molecule has 1 aromatic carbocycles. The van der Waals surface area contributed by atoms with Crippen molar-refractivity contribution in [2.24, 2.45) is 0 Å². The molecule has 0 bridgehead atoms. The van der Waals surface area contributed by atoms with Gasteiger partial charge in [0.1, 0.15) is 0 Å². The van der Waals surface area contributed by atoms with Crippen LogP contribution >= 0.6 is 0 Å². The molecular formula is C13H11NO4. The van der Waals surface area contributed by atoms with E-state index in [0.29, 0.717) is 5.06 Å². The van der Waals surface area contributed by atoms with E-state index < -0.39 is 17.8 Å². The Kier molecular flexibility index (Phi) is 3.52. The van der Waals surface area contributed by atoms with E-state index in [-0.39, 0.29) is 12.8 Å². The summed E-state index contributed by atoms with van der Waals surface area (Å²) in [5.41, 5.74) is 0.827. The third-order valence-electron chi connectivity index (χ3n) is 2.40. The van der Waals surface area contributed by atoms with Crippen LogP contribution in [0.4, 0.5) is 0 Å². The van der Waals surface area contributed by atoms with E-state index in [2.05, 4.69) is 4.84 Å². The summed E-state index contributed by atoms with van der Waals surface area (Å²) in [4.78, 5) is 38.5. The van der Waals surface area contributed by atoms with Crippen molar-refractivity contribution in [1.29, 1.82) is 0 Å². The predicted octanol–water partition coefficient (Wildman–Crippen LogP) is 1.31. The minimum atomic E-state index is -0.748. The summed E-state index contributed by atoms with van der Waals surface area (Å²) in [6.07, 6.45) is 2.91. The number of nitrogens with zero attached hydrogens (tertiary/aromatic N) is 1. The van der Waals surface area contributed by atoms with Crippen molar-refractivity contribution in [3.63, 3.8) is 0 Å². The summed E-state index contributed by atoms with van der Waals surface area (Å²) < 4.78 is 0. The highest BCUT2D eigenvalue weighted by molar-refractivity contribution is 6.02. The van der Waals surface area contributed by atoms with Gasteiger partial charge in [0.2, 0.25) is 0 Å². The molecule has 0 N–H and O–H groups in total. The summed E-state index contributed by atoms with van der Waals surface area (Å²) >= 11 is 0. The molecule has 1 aliphatic heterocycles. The minimum Gasteiger partial charge on any atom is -0.326 e. The number of benzene rings is 1. The van der Waals surface area contributed by atoms with Gasteiger partial charge in [-0.25, -0.2) is 4.79 Å². The molecule has 2 amide bonds. The Labute approximate surface area is 104 Å². The monoisotopic (exact) mass is 245 g/mol. The van der Waals surface area contributed by atoms with Gasteiger partial charge in [-0.05, 0) is 11.6 Å². The molecule has 0 aliphatic carbocycles. The van der Waals surface area contributed by atoms with Gasteiger partial charge < -0.3 is 4.84 Å². The second kappa shape index (κ2) is 5.27. The van der Waals surface area contributed by atoms with Crippen molar-refractivity contribution < 1.29 is 19.2 Å². The third-order valence-corrected chi connectivity index (χ3v) is 2.40. The number of carbonyl (C=O) groups excluding carboxylic acids is 3. The van der Waals surface area contributed by atoms with Gasteiger partial charge in [-0.15, -0.1) is 5.06 Å². The van der Waals surface area contributed by atoms with Crippen LogP contribution in [0.2, 0.25) is 0 Å². The largest absolute Gasteiger partial charge is 0.356 e. The van der Waals surface area contributed by atoms with Gasteiger partial charge in [-0.1, -0.05) is 30.3 Å². The van der Waals surface area contributed by atoms with E-state index in [9.17, 15) is 14.4 Å². The average molecular weight is 245 g/mol. The van der Waals surface area contributed by atoms with Gasteiger partial charge >= 0.3 is 5.97 Å². The number of amides is 2. The van der Waals surface area contributed by atoms with Gasteiger partial charge in [0.15, 0.2) is 0 Å². The second-order valence-electron chi connectivity index (χ2n) is 3.74. The minimum absolute atomic E-state index is 0.0918. The first-order valence-corrected chi connectivity index (χ1v) is 5.47. The third kappa shape index (κ3) is 2.82. The summed E-state index contributed by atoms with van der Waals surface area (Å²) in [7, 11) is 0. The van der Waals surface area contributed by atoms with Gasteiger partial charge in [0, 0.05) is 18.9 Å². The fraction of sp³-hybridized carbons (Fsp3) is 0.154. The molecule has 0 spiro atoms. The molecule has 18 heavy (non-hydrogen) atoms. The molecule has 1 fully saturated rings. The molecule has 0 radical (unpaired) electrons. The Morgan fingerprint density at radius 3 is 2.33 bits per heavy atom. The maximum atomic E-state index is 11.4. The Morgan fingerprint density at radius 1 is 1.11 bits per heavy atom. The Bertz CT molecular complexity index is 491. The number of hydrogen-bond donors (Lipinski definition) is 0. The fourth-order valence-electron chi connectivity index (χ4n) is 1.51. The number of hydroxylamine groups is 2. The molecule has 5 nitrogen and oxygen atoms in total. The van der Waals surface area contributed by atoms with Crippen LogP contribution in [0.5, 0.6) is 0 Å².